The van der Waals surface area contributed by atoms with Crippen molar-refractivity contribution in [3.05, 3.63) is 64.9 Å². The molecule has 3 N–H and O–H groups in total. The van der Waals surface area contributed by atoms with Crippen LogP contribution >= 0.6 is 0 Å². The highest BCUT2D eigenvalue weighted by atomic mass is 19.1. The summed E-state index contributed by atoms with van der Waals surface area (Å²) in [4.78, 5) is 4.93. The number of rotatable bonds is 6. The monoisotopic (exact) mass is 398 g/mol. The van der Waals surface area contributed by atoms with E-state index in [-0.39, 0.29) is 17.9 Å². The summed E-state index contributed by atoms with van der Waals surface area (Å²) < 4.78 is 25.6. The summed E-state index contributed by atoms with van der Waals surface area (Å²) in [5, 5.41) is 10.1. The minimum atomic E-state index is -0.280. The maximum absolute atomic E-state index is 14.6. The van der Waals surface area contributed by atoms with Gasteiger partial charge >= 0.3 is 0 Å². The van der Waals surface area contributed by atoms with Crippen molar-refractivity contribution >= 4 is 5.57 Å². The normalized spacial score (nSPS) is 21.6. The van der Waals surface area contributed by atoms with E-state index in [9.17, 15) is 4.39 Å². The number of hydrogen-bond donors (Lipinski definition) is 3. The number of nitrogens with zero attached hydrogens (tertiary/aromatic N) is 1. The highest BCUT2D eigenvalue weighted by Gasteiger charge is 2.29. The summed E-state index contributed by atoms with van der Waals surface area (Å²) in [6.07, 6.45) is 2.51. The summed E-state index contributed by atoms with van der Waals surface area (Å²) in [5.74, 6) is 0.260. The molecule has 0 bridgehead atoms. The average Bonchev–Trinajstić information content (AvgIpc) is 3.24. The van der Waals surface area contributed by atoms with Gasteiger partial charge in [-0.2, -0.15) is 0 Å². The number of ether oxygens (including phenoxy) is 2. The van der Waals surface area contributed by atoms with Crippen LogP contribution in [0.1, 0.15) is 41.0 Å². The van der Waals surface area contributed by atoms with Gasteiger partial charge in [-0.1, -0.05) is 12.1 Å². The number of methoxy groups -OCH3 is 1. The van der Waals surface area contributed by atoms with Crippen LogP contribution < -0.4 is 20.7 Å². The molecule has 2 aliphatic rings. The molecule has 29 heavy (non-hydrogen) atoms. The molecule has 0 radical (unpaired) electrons. The van der Waals surface area contributed by atoms with Gasteiger partial charge in [-0.3, -0.25) is 4.98 Å². The molecule has 4 rings (SSSR count). The fourth-order valence-electron chi connectivity index (χ4n) is 4.02. The van der Waals surface area contributed by atoms with E-state index < -0.39 is 0 Å². The van der Waals surface area contributed by atoms with Gasteiger partial charge in [0.1, 0.15) is 11.6 Å². The van der Waals surface area contributed by atoms with E-state index in [1.165, 1.54) is 6.07 Å². The summed E-state index contributed by atoms with van der Waals surface area (Å²) in [6.45, 7) is 2.85. The number of benzene rings is 1. The van der Waals surface area contributed by atoms with Crippen LogP contribution in [0.2, 0.25) is 0 Å². The predicted octanol–water partition coefficient (Wildman–Crippen LogP) is 2.69. The molecule has 2 atom stereocenters. The summed E-state index contributed by atoms with van der Waals surface area (Å²) in [7, 11) is 3.47. The molecule has 2 aromatic rings. The van der Waals surface area contributed by atoms with Crippen LogP contribution in [0.3, 0.4) is 0 Å². The van der Waals surface area contributed by atoms with Gasteiger partial charge in [-0.25, -0.2) is 4.39 Å². The molecule has 3 heterocycles. The molecule has 1 aromatic carbocycles. The third-order valence-electron chi connectivity index (χ3n) is 5.40. The van der Waals surface area contributed by atoms with E-state index in [2.05, 4.69) is 28.1 Å². The van der Waals surface area contributed by atoms with Crippen molar-refractivity contribution in [3.63, 3.8) is 0 Å². The predicted molar refractivity (Wildman–Crippen MR) is 110 cm³/mol. The number of morpholine rings is 1. The Hall–Kier alpha value is -2.48. The third-order valence-corrected chi connectivity index (χ3v) is 5.40. The van der Waals surface area contributed by atoms with Crippen LogP contribution in [-0.2, 0) is 11.3 Å². The minimum absolute atomic E-state index is 0.0372. The van der Waals surface area contributed by atoms with E-state index >= 15 is 0 Å². The zero-order valence-corrected chi connectivity index (χ0v) is 16.8. The van der Waals surface area contributed by atoms with Crippen LogP contribution in [0.4, 0.5) is 4.39 Å². The highest BCUT2D eigenvalue weighted by Crippen LogP contribution is 2.39. The van der Waals surface area contributed by atoms with E-state index in [0.717, 1.165) is 35.7 Å². The van der Waals surface area contributed by atoms with Crippen molar-refractivity contribution in [2.45, 2.75) is 25.0 Å². The van der Waals surface area contributed by atoms with E-state index in [1.807, 2.05) is 13.2 Å². The van der Waals surface area contributed by atoms with Crippen LogP contribution in [0.15, 0.2) is 36.5 Å². The lowest BCUT2D eigenvalue weighted by Crippen LogP contribution is -2.36. The first-order chi connectivity index (χ1) is 14.2. The van der Waals surface area contributed by atoms with Crippen molar-refractivity contribution in [1.29, 1.82) is 0 Å². The molecule has 6 nitrogen and oxygen atoms in total. The maximum Gasteiger partial charge on any atom is 0.134 e. The first kappa shape index (κ1) is 19.8. The van der Waals surface area contributed by atoms with Gasteiger partial charge in [0.15, 0.2) is 0 Å². The van der Waals surface area contributed by atoms with E-state index in [0.29, 0.717) is 30.9 Å². The number of halogens is 1. The van der Waals surface area contributed by atoms with Crippen molar-refractivity contribution in [2.75, 3.05) is 33.9 Å². The molecule has 1 fully saturated rings. The van der Waals surface area contributed by atoms with Crippen LogP contribution in [0.5, 0.6) is 5.75 Å². The van der Waals surface area contributed by atoms with Crippen LogP contribution in [0.25, 0.3) is 5.57 Å². The molecule has 0 spiro atoms. The average molecular weight is 398 g/mol. The molecule has 7 heteroatoms. The molecule has 0 aliphatic carbocycles. The third kappa shape index (κ3) is 4.12. The first-order valence-corrected chi connectivity index (χ1v) is 9.94. The lowest BCUT2D eigenvalue weighted by molar-refractivity contribution is 0.0763. The van der Waals surface area contributed by atoms with Gasteiger partial charge in [-0.15, -0.1) is 0 Å². The van der Waals surface area contributed by atoms with Crippen molar-refractivity contribution in [2.24, 2.45) is 0 Å². The van der Waals surface area contributed by atoms with E-state index in [1.54, 1.807) is 19.2 Å². The molecule has 0 saturated carbocycles. The Morgan fingerprint density at radius 1 is 1.28 bits per heavy atom. The second-order valence-electron chi connectivity index (χ2n) is 7.30. The smallest absolute Gasteiger partial charge is 0.134 e. The summed E-state index contributed by atoms with van der Waals surface area (Å²) in [6, 6.07) is 9.15. The number of nitrogens with one attached hydrogen (secondary N) is 3. The molecule has 0 amide bonds. The highest BCUT2D eigenvalue weighted by molar-refractivity contribution is 5.73. The van der Waals surface area contributed by atoms with Gasteiger partial charge in [0.25, 0.3) is 0 Å². The van der Waals surface area contributed by atoms with Gasteiger partial charge in [0.05, 0.1) is 49.4 Å². The fourth-order valence-corrected chi connectivity index (χ4v) is 4.02. The van der Waals surface area contributed by atoms with Crippen molar-refractivity contribution in [1.82, 2.24) is 20.9 Å². The lowest BCUT2D eigenvalue weighted by Gasteiger charge is -2.27. The Kier molecular flexibility index (Phi) is 6.08. The summed E-state index contributed by atoms with van der Waals surface area (Å²) >= 11 is 0. The zero-order chi connectivity index (χ0) is 20.2. The number of pyridine rings is 1. The Morgan fingerprint density at radius 2 is 2.17 bits per heavy atom. The second kappa shape index (κ2) is 8.90. The van der Waals surface area contributed by atoms with Crippen molar-refractivity contribution < 1.29 is 13.9 Å². The maximum atomic E-state index is 14.6. The lowest BCUT2D eigenvalue weighted by atomic mass is 9.94. The Labute approximate surface area is 170 Å². The number of aromatic nitrogens is 1. The Morgan fingerprint density at radius 3 is 2.93 bits per heavy atom. The van der Waals surface area contributed by atoms with Gasteiger partial charge in [0, 0.05) is 25.7 Å². The molecular weight excluding hydrogens is 371 g/mol. The summed E-state index contributed by atoms with van der Waals surface area (Å²) in [5.41, 5.74) is 4.46. The fraction of sp³-hybridized carbons (Fsp3) is 0.409. The molecule has 2 aliphatic heterocycles. The van der Waals surface area contributed by atoms with Crippen molar-refractivity contribution in [3.8, 4) is 5.75 Å². The largest absolute Gasteiger partial charge is 0.496 e. The number of hydrogen-bond acceptors (Lipinski definition) is 6. The van der Waals surface area contributed by atoms with Gasteiger partial charge < -0.3 is 25.4 Å². The standard InChI is InChI=1S/C22H27FN4O2/c1-24-12-15-6-7-16(19-13-29-9-8-25-19)22(27-15)18-10-14(11-26-18)21-17(23)4-3-5-20(21)28-2/h3-7,11,18-19,24-26H,8-10,12-13H2,1-2H3. The SMILES string of the molecule is CNCc1ccc(C2COCCN2)c(C2CC(c3c(F)cccc3OC)=CN2)n1. The van der Waals surface area contributed by atoms with Crippen LogP contribution in [-0.4, -0.2) is 38.9 Å². The molecule has 1 saturated heterocycles. The molecule has 2 unspecified atom stereocenters. The first-order valence-electron chi connectivity index (χ1n) is 9.94. The topological polar surface area (TPSA) is 67.4 Å². The minimum Gasteiger partial charge on any atom is -0.496 e. The van der Waals surface area contributed by atoms with Gasteiger partial charge in [-0.05, 0) is 36.4 Å². The molecular formula is C22H27FN4O2. The van der Waals surface area contributed by atoms with Crippen LogP contribution in [0, 0.1) is 5.82 Å². The Balaban J connectivity index is 1.64. The second-order valence-corrected chi connectivity index (χ2v) is 7.30. The van der Waals surface area contributed by atoms with E-state index in [4.69, 9.17) is 14.5 Å². The molecule has 1 aromatic heterocycles. The van der Waals surface area contributed by atoms with Gasteiger partial charge in [0.2, 0.25) is 0 Å². The molecule has 154 valence electrons. The zero-order valence-electron chi connectivity index (χ0n) is 16.8. The quantitative estimate of drug-likeness (QED) is 0.695. The Bertz CT molecular complexity index is 896.